The summed E-state index contributed by atoms with van der Waals surface area (Å²) in [4.78, 5) is 9.14. The van der Waals surface area contributed by atoms with Crippen molar-refractivity contribution in [2.75, 3.05) is 37.4 Å². The largest absolute Gasteiger partial charge is 0.457 e. The van der Waals surface area contributed by atoms with Crippen LogP contribution in [0.5, 0.6) is 11.5 Å². The number of nitrogens with two attached hydrogens (primary N) is 1. The van der Waals surface area contributed by atoms with Crippen molar-refractivity contribution in [1.29, 1.82) is 0 Å². The number of morpholine rings is 1. The number of hydrogen-bond acceptors (Lipinski definition) is 6. The fourth-order valence-electron chi connectivity index (χ4n) is 4.92. The predicted molar refractivity (Wildman–Crippen MR) is 153 cm³/mol. The van der Waals surface area contributed by atoms with Crippen molar-refractivity contribution in [2.24, 2.45) is 0 Å². The number of rotatable bonds is 7. The zero-order valence-electron chi connectivity index (χ0n) is 22.0. The number of anilines is 3. The first-order chi connectivity index (χ1) is 19.8. The van der Waals surface area contributed by atoms with Gasteiger partial charge in [0.2, 0.25) is 0 Å². The van der Waals surface area contributed by atoms with Gasteiger partial charge in [-0.2, -0.15) is 13.2 Å². The van der Waals surface area contributed by atoms with Crippen LogP contribution in [0.3, 0.4) is 0 Å². The molecule has 0 saturated carbocycles. The average molecular weight is 560 g/mol. The molecular formula is C31H28F3N5O2. The van der Waals surface area contributed by atoms with Crippen LogP contribution in [0, 0.1) is 0 Å². The molecular weight excluding hydrogens is 531 g/mol. The number of halogens is 3. The molecule has 5 aromatic rings. The molecule has 2 aromatic heterocycles. The zero-order chi connectivity index (χ0) is 28.4. The number of H-pyrrole nitrogens is 1. The number of pyridine rings is 1. The topological polar surface area (TPSA) is 88.4 Å². The number of benzene rings is 3. The monoisotopic (exact) mass is 559 g/mol. The van der Waals surface area contributed by atoms with Gasteiger partial charge in [0.25, 0.3) is 0 Å². The lowest BCUT2D eigenvalue weighted by atomic mass is 10.0. The number of aromatic amines is 1. The van der Waals surface area contributed by atoms with Gasteiger partial charge in [0.1, 0.15) is 17.2 Å². The van der Waals surface area contributed by atoms with Gasteiger partial charge in [-0.25, -0.2) is 0 Å². The molecule has 0 atom stereocenters. The number of nitrogen functional groups attached to an aromatic ring is 1. The van der Waals surface area contributed by atoms with E-state index in [1.807, 2.05) is 18.2 Å². The highest BCUT2D eigenvalue weighted by Gasteiger charge is 2.32. The van der Waals surface area contributed by atoms with Gasteiger partial charge < -0.3 is 25.5 Å². The van der Waals surface area contributed by atoms with E-state index in [9.17, 15) is 13.2 Å². The summed E-state index contributed by atoms with van der Waals surface area (Å²) in [6.45, 7) is 4.23. The molecule has 1 aliphatic rings. The molecule has 0 unspecified atom stereocenters. The van der Waals surface area contributed by atoms with Gasteiger partial charge in [-0.05, 0) is 77.4 Å². The Morgan fingerprint density at radius 2 is 1.71 bits per heavy atom. The molecule has 10 heteroatoms. The molecule has 1 saturated heterocycles. The van der Waals surface area contributed by atoms with E-state index in [0.29, 0.717) is 11.4 Å². The van der Waals surface area contributed by atoms with Crippen molar-refractivity contribution in [3.8, 4) is 22.6 Å². The molecule has 7 nitrogen and oxygen atoms in total. The number of ether oxygens (including phenoxy) is 2. The van der Waals surface area contributed by atoms with E-state index in [1.54, 1.807) is 24.3 Å². The molecule has 4 N–H and O–H groups in total. The average Bonchev–Trinajstić information content (AvgIpc) is 3.36. The van der Waals surface area contributed by atoms with Gasteiger partial charge in [0, 0.05) is 66.1 Å². The molecule has 1 fully saturated rings. The predicted octanol–water partition coefficient (Wildman–Crippen LogP) is 7.20. The van der Waals surface area contributed by atoms with Crippen LogP contribution in [0.1, 0.15) is 11.3 Å². The summed E-state index contributed by atoms with van der Waals surface area (Å²) in [6.07, 6.45) is -1.39. The number of fused-ring (bicyclic) bond motifs is 1. The molecule has 0 spiro atoms. The summed E-state index contributed by atoms with van der Waals surface area (Å²) >= 11 is 0. The third kappa shape index (κ3) is 6.29. The summed E-state index contributed by atoms with van der Waals surface area (Å²) in [5, 5.41) is 4.53. The van der Waals surface area contributed by atoms with E-state index >= 15 is 0 Å². The van der Waals surface area contributed by atoms with E-state index in [1.165, 1.54) is 17.0 Å². The Balaban J connectivity index is 1.18. The summed E-state index contributed by atoms with van der Waals surface area (Å²) < 4.78 is 49.9. The van der Waals surface area contributed by atoms with Crippen molar-refractivity contribution in [3.05, 3.63) is 96.4 Å². The highest BCUT2D eigenvalue weighted by atomic mass is 19.4. The second-order valence-electron chi connectivity index (χ2n) is 9.93. The smallest absolute Gasteiger partial charge is 0.433 e. The third-order valence-corrected chi connectivity index (χ3v) is 6.95. The van der Waals surface area contributed by atoms with Gasteiger partial charge in [-0.1, -0.05) is 6.07 Å². The second kappa shape index (κ2) is 11.1. The maximum atomic E-state index is 12.9. The molecule has 0 amide bonds. The van der Waals surface area contributed by atoms with Crippen LogP contribution >= 0.6 is 0 Å². The number of nitrogens with one attached hydrogen (secondary N) is 2. The van der Waals surface area contributed by atoms with E-state index in [4.69, 9.17) is 15.2 Å². The van der Waals surface area contributed by atoms with E-state index in [0.717, 1.165) is 73.1 Å². The van der Waals surface area contributed by atoms with Crippen LogP contribution in [-0.2, 0) is 17.5 Å². The number of alkyl halides is 3. The first-order valence-corrected chi connectivity index (χ1v) is 13.2. The standard InChI is InChI=1S/C31H28F3N5O2/c32-31(33,34)30-17-27(7-8-36-30)41-26-4-2-24(3-5-26)38-25-14-21(13-23(35)16-25)20-1-6-29-28(15-20)22(18-37-29)19-39-9-11-40-12-10-39/h1-8,13-18,37-38H,9-12,19,35H2. The maximum Gasteiger partial charge on any atom is 0.433 e. The van der Waals surface area contributed by atoms with Crippen LogP contribution in [0.2, 0.25) is 0 Å². The summed E-state index contributed by atoms with van der Waals surface area (Å²) in [6, 6.07) is 21.4. The Hall–Kier alpha value is -4.54. The summed E-state index contributed by atoms with van der Waals surface area (Å²) in [5.41, 5.74) is 11.8. The second-order valence-corrected chi connectivity index (χ2v) is 9.93. The fourth-order valence-corrected chi connectivity index (χ4v) is 4.92. The number of hydrogen-bond donors (Lipinski definition) is 3. The zero-order valence-corrected chi connectivity index (χ0v) is 22.0. The van der Waals surface area contributed by atoms with Crippen molar-refractivity contribution < 1.29 is 22.6 Å². The Labute approximate surface area is 234 Å². The third-order valence-electron chi connectivity index (χ3n) is 6.95. The summed E-state index contributed by atoms with van der Waals surface area (Å²) in [7, 11) is 0. The van der Waals surface area contributed by atoms with Gasteiger partial charge in [-0.3, -0.25) is 9.88 Å². The minimum absolute atomic E-state index is 0.0565. The van der Waals surface area contributed by atoms with E-state index < -0.39 is 11.9 Å². The van der Waals surface area contributed by atoms with Gasteiger partial charge in [0.05, 0.1) is 13.2 Å². The van der Waals surface area contributed by atoms with Crippen molar-refractivity contribution >= 4 is 28.0 Å². The Bertz CT molecular complexity index is 1660. The minimum atomic E-state index is -4.54. The molecule has 0 aliphatic carbocycles. The van der Waals surface area contributed by atoms with Crippen LogP contribution in [0.4, 0.5) is 30.2 Å². The lowest BCUT2D eigenvalue weighted by Gasteiger charge is -2.26. The Kier molecular flexibility index (Phi) is 7.25. The van der Waals surface area contributed by atoms with E-state index in [-0.39, 0.29) is 5.75 Å². The lowest BCUT2D eigenvalue weighted by molar-refractivity contribution is -0.141. The normalized spacial score (nSPS) is 14.3. The first kappa shape index (κ1) is 26.7. The highest BCUT2D eigenvalue weighted by molar-refractivity contribution is 5.89. The Morgan fingerprint density at radius 3 is 2.49 bits per heavy atom. The molecule has 0 bridgehead atoms. The van der Waals surface area contributed by atoms with Crippen molar-refractivity contribution in [2.45, 2.75) is 12.7 Å². The minimum Gasteiger partial charge on any atom is -0.457 e. The maximum absolute atomic E-state index is 12.9. The quantitative estimate of drug-likeness (QED) is 0.183. The van der Waals surface area contributed by atoms with Gasteiger partial charge in [0.15, 0.2) is 0 Å². The van der Waals surface area contributed by atoms with E-state index in [2.05, 4.69) is 44.6 Å². The van der Waals surface area contributed by atoms with Crippen LogP contribution in [0.15, 0.2) is 85.2 Å². The molecule has 6 rings (SSSR count). The molecule has 210 valence electrons. The van der Waals surface area contributed by atoms with Crippen LogP contribution < -0.4 is 15.8 Å². The molecule has 41 heavy (non-hydrogen) atoms. The molecule has 3 aromatic carbocycles. The highest BCUT2D eigenvalue weighted by Crippen LogP contribution is 2.33. The lowest BCUT2D eigenvalue weighted by Crippen LogP contribution is -2.35. The summed E-state index contributed by atoms with van der Waals surface area (Å²) in [5.74, 6) is 0.455. The number of aromatic nitrogens is 2. The first-order valence-electron chi connectivity index (χ1n) is 13.2. The Morgan fingerprint density at radius 1 is 0.902 bits per heavy atom. The SMILES string of the molecule is Nc1cc(Nc2ccc(Oc3ccnc(C(F)(F)F)c3)cc2)cc(-c2ccc3[nH]cc(CN4CCOCC4)c3c2)c1. The van der Waals surface area contributed by atoms with Gasteiger partial charge >= 0.3 is 6.18 Å². The van der Waals surface area contributed by atoms with Crippen LogP contribution in [0.25, 0.3) is 22.0 Å². The van der Waals surface area contributed by atoms with Crippen molar-refractivity contribution in [1.82, 2.24) is 14.9 Å². The van der Waals surface area contributed by atoms with Crippen molar-refractivity contribution in [3.63, 3.8) is 0 Å². The van der Waals surface area contributed by atoms with Crippen LogP contribution in [-0.4, -0.2) is 41.2 Å². The molecule has 0 radical (unpaired) electrons. The fraction of sp³-hybridized carbons (Fsp3) is 0.194. The molecule has 1 aliphatic heterocycles. The number of nitrogens with zero attached hydrogens (tertiary/aromatic N) is 2. The molecule has 3 heterocycles. The van der Waals surface area contributed by atoms with Gasteiger partial charge in [-0.15, -0.1) is 0 Å².